The molecule has 0 aliphatic heterocycles. The van der Waals surface area contributed by atoms with Gasteiger partial charge in [0.05, 0.1) is 11.2 Å². The number of hydrogen-bond acceptors (Lipinski definition) is 7. The van der Waals surface area contributed by atoms with Crippen LogP contribution in [0, 0.1) is 11.7 Å². The molecule has 1 N–H and O–H groups in total. The summed E-state index contributed by atoms with van der Waals surface area (Å²) in [6.45, 7) is 1.11. The Morgan fingerprint density at radius 1 is 1.17 bits per heavy atom. The Kier molecular flexibility index (Phi) is 4.30. The maximum atomic E-state index is 14.3. The number of ether oxygens (including phenoxy) is 1. The molecule has 3 aromatic heterocycles. The van der Waals surface area contributed by atoms with Crippen LogP contribution < -0.4 is 10.1 Å². The molecule has 1 aromatic carbocycles. The molecule has 0 radical (unpaired) electrons. The van der Waals surface area contributed by atoms with Crippen LogP contribution in [0.1, 0.15) is 18.5 Å². The molecule has 0 bridgehead atoms. The summed E-state index contributed by atoms with van der Waals surface area (Å²) in [5.74, 6) is 1.51. The third-order valence-electron chi connectivity index (χ3n) is 4.83. The van der Waals surface area contributed by atoms with E-state index in [4.69, 9.17) is 4.74 Å². The van der Waals surface area contributed by atoms with Crippen LogP contribution >= 0.6 is 0 Å². The number of imidazole rings is 1. The highest BCUT2D eigenvalue weighted by atomic mass is 19.1. The lowest BCUT2D eigenvalue weighted by Crippen LogP contribution is -2.10. The average molecular weight is 394 g/mol. The summed E-state index contributed by atoms with van der Waals surface area (Å²) in [4.78, 5) is 8.90. The van der Waals surface area contributed by atoms with Crippen molar-refractivity contribution in [1.82, 2.24) is 34.7 Å². The van der Waals surface area contributed by atoms with Crippen molar-refractivity contribution < 1.29 is 9.13 Å². The number of aromatic nitrogens is 7. The van der Waals surface area contributed by atoms with Crippen LogP contribution in [-0.2, 0) is 13.7 Å². The van der Waals surface area contributed by atoms with Crippen molar-refractivity contribution in [3.8, 4) is 12.0 Å². The van der Waals surface area contributed by atoms with Gasteiger partial charge in [0.15, 0.2) is 5.82 Å². The van der Waals surface area contributed by atoms with E-state index in [9.17, 15) is 4.39 Å². The third kappa shape index (κ3) is 3.48. The van der Waals surface area contributed by atoms with E-state index in [1.165, 1.54) is 23.6 Å². The van der Waals surface area contributed by atoms with E-state index in [1.54, 1.807) is 23.7 Å². The summed E-state index contributed by atoms with van der Waals surface area (Å²) < 4.78 is 23.3. The summed E-state index contributed by atoms with van der Waals surface area (Å²) in [6.07, 6.45) is 2.55. The number of tetrazole rings is 1. The molecule has 0 spiro atoms. The molecule has 5 rings (SSSR count). The molecular weight excluding hydrogens is 375 g/mol. The van der Waals surface area contributed by atoms with Crippen LogP contribution in [0.4, 0.5) is 10.2 Å². The number of hydrogen-bond donors (Lipinski definition) is 1. The summed E-state index contributed by atoms with van der Waals surface area (Å²) in [6, 6.07) is 10.6. The van der Waals surface area contributed by atoms with Crippen molar-refractivity contribution >= 4 is 16.9 Å². The van der Waals surface area contributed by atoms with Gasteiger partial charge in [-0.25, -0.2) is 18.6 Å². The Labute approximate surface area is 165 Å². The van der Waals surface area contributed by atoms with E-state index >= 15 is 0 Å². The smallest absolute Gasteiger partial charge is 0.305 e. The summed E-state index contributed by atoms with van der Waals surface area (Å²) >= 11 is 0. The number of nitrogens with one attached hydrogen (secondary N) is 1. The first-order chi connectivity index (χ1) is 14.2. The molecule has 0 saturated heterocycles. The molecule has 4 aromatic rings. The largest absolute Gasteiger partial charge is 0.458 e. The number of halogens is 1. The van der Waals surface area contributed by atoms with Crippen LogP contribution in [0.25, 0.3) is 17.0 Å². The van der Waals surface area contributed by atoms with Gasteiger partial charge in [-0.2, -0.15) is 4.98 Å². The van der Waals surface area contributed by atoms with Gasteiger partial charge in [0, 0.05) is 13.6 Å². The Bertz CT molecular complexity index is 1170. The second kappa shape index (κ2) is 7.12. The van der Waals surface area contributed by atoms with Crippen molar-refractivity contribution in [2.24, 2.45) is 13.0 Å². The normalized spacial score (nSPS) is 13.7. The number of nitrogens with zero attached hydrogens (tertiary/aromatic N) is 7. The van der Waals surface area contributed by atoms with Crippen molar-refractivity contribution in [3.05, 3.63) is 47.9 Å². The van der Waals surface area contributed by atoms with Gasteiger partial charge in [0.1, 0.15) is 17.9 Å². The number of para-hydroxylation sites is 1. The SMILES string of the molecule is Cn1nnnc1-n1c(OCc2cccc(NCC3CC3)n2)nc2c(F)cccc21. The minimum atomic E-state index is -0.439. The average Bonchev–Trinajstić information content (AvgIpc) is 3.35. The molecule has 148 valence electrons. The van der Waals surface area contributed by atoms with Crippen molar-refractivity contribution in [2.75, 3.05) is 11.9 Å². The molecule has 10 heteroatoms. The van der Waals surface area contributed by atoms with Crippen molar-refractivity contribution in [1.29, 1.82) is 0 Å². The highest BCUT2D eigenvalue weighted by molar-refractivity contribution is 5.79. The number of fused-ring (bicyclic) bond motifs is 1. The first-order valence-electron chi connectivity index (χ1n) is 9.41. The van der Waals surface area contributed by atoms with Gasteiger partial charge >= 0.3 is 6.01 Å². The Hall–Kier alpha value is -3.56. The molecule has 3 heterocycles. The quantitative estimate of drug-likeness (QED) is 0.514. The number of pyridine rings is 1. The Balaban J connectivity index is 1.44. The second-order valence-corrected chi connectivity index (χ2v) is 7.07. The monoisotopic (exact) mass is 394 g/mol. The van der Waals surface area contributed by atoms with Gasteiger partial charge in [-0.1, -0.05) is 17.2 Å². The fourth-order valence-electron chi connectivity index (χ4n) is 3.12. The van der Waals surface area contributed by atoms with Gasteiger partial charge < -0.3 is 10.1 Å². The maximum absolute atomic E-state index is 14.3. The lowest BCUT2D eigenvalue weighted by atomic mass is 10.3. The molecular formula is C19H19FN8O. The lowest BCUT2D eigenvalue weighted by molar-refractivity contribution is 0.272. The molecule has 0 unspecified atom stereocenters. The van der Waals surface area contributed by atoms with Crippen molar-refractivity contribution in [3.63, 3.8) is 0 Å². The van der Waals surface area contributed by atoms with Gasteiger partial charge in [-0.05, 0) is 53.5 Å². The highest BCUT2D eigenvalue weighted by Gasteiger charge is 2.21. The molecule has 1 saturated carbocycles. The number of benzene rings is 1. The van der Waals surface area contributed by atoms with E-state index in [2.05, 4.69) is 30.8 Å². The zero-order chi connectivity index (χ0) is 19.8. The predicted octanol–water partition coefficient (Wildman–Crippen LogP) is 2.48. The van der Waals surface area contributed by atoms with E-state index in [1.807, 2.05) is 18.2 Å². The lowest BCUT2D eigenvalue weighted by Gasteiger charge is -2.09. The number of rotatable bonds is 7. The fraction of sp³-hybridized carbons (Fsp3) is 0.316. The van der Waals surface area contributed by atoms with Gasteiger partial charge in [-0.15, -0.1) is 0 Å². The minimum absolute atomic E-state index is 0.176. The van der Waals surface area contributed by atoms with E-state index < -0.39 is 5.82 Å². The molecule has 29 heavy (non-hydrogen) atoms. The van der Waals surface area contributed by atoms with Crippen molar-refractivity contribution in [2.45, 2.75) is 19.4 Å². The van der Waals surface area contributed by atoms with Crippen LogP contribution in [0.3, 0.4) is 0 Å². The van der Waals surface area contributed by atoms with E-state index in [0.717, 1.165) is 24.0 Å². The van der Waals surface area contributed by atoms with Crippen LogP contribution in [-0.4, -0.2) is 41.3 Å². The first kappa shape index (κ1) is 17.5. The first-order valence-corrected chi connectivity index (χ1v) is 9.41. The number of aryl methyl sites for hydroxylation is 1. The zero-order valence-corrected chi connectivity index (χ0v) is 15.8. The van der Waals surface area contributed by atoms with Gasteiger partial charge in [0.2, 0.25) is 0 Å². The Morgan fingerprint density at radius 2 is 2.03 bits per heavy atom. The maximum Gasteiger partial charge on any atom is 0.305 e. The summed E-state index contributed by atoms with van der Waals surface area (Å²) in [5, 5.41) is 14.9. The zero-order valence-electron chi connectivity index (χ0n) is 15.8. The molecule has 0 amide bonds. The van der Waals surface area contributed by atoms with E-state index in [0.29, 0.717) is 11.5 Å². The molecule has 1 aliphatic carbocycles. The number of anilines is 1. The molecule has 1 aliphatic rings. The Morgan fingerprint density at radius 3 is 2.83 bits per heavy atom. The molecule has 0 atom stereocenters. The summed E-state index contributed by atoms with van der Waals surface area (Å²) in [5.41, 5.74) is 1.45. The highest BCUT2D eigenvalue weighted by Crippen LogP contribution is 2.29. The van der Waals surface area contributed by atoms with Crippen LogP contribution in [0.5, 0.6) is 6.01 Å². The van der Waals surface area contributed by atoms with E-state index in [-0.39, 0.29) is 18.1 Å². The minimum Gasteiger partial charge on any atom is -0.458 e. The standard InChI is InChI=1S/C19H19FN8O/c1-27-18(24-25-26-27)28-15-6-3-5-14(20)17(15)23-19(28)29-11-13-4-2-7-16(22-13)21-10-12-8-9-12/h2-7,12H,8-11H2,1H3,(H,21,22). The summed E-state index contributed by atoms with van der Waals surface area (Å²) in [7, 11) is 1.70. The van der Waals surface area contributed by atoms with Crippen LogP contribution in [0.15, 0.2) is 36.4 Å². The third-order valence-corrected chi connectivity index (χ3v) is 4.83. The second-order valence-electron chi connectivity index (χ2n) is 7.07. The fourth-order valence-corrected chi connectivity index (χ4v) is 3.12. The van der Waals surface area contributed by atoms with Gasteiger partial charge in [-0.3, -0.25) is 0 Å². The molecule has 9 nitrogen and oxygen atoms in total. The van der Waals surface area contributed by atoms with Gasteiger partial charge in [0.25, 0.3) is 5.95 Å². The topological polar surface area (TPSA) is 95.6 Å². The van der Waals surface area contributed by atoms with Crippen LogP contribution in [0.2, 0.25) is 0 Å². The predicted molar refractivity (Wildman–Crippen MR) is 103 cm³/mol. The molecule has 1 fully saturated rings.